The van der Waals surface area contributed by atoms with Crippen LogP contribution in [0.4, 0.5) is 13.2 Å². The summed E-state index contributed by atoms with van der Waals surface area (Å²) in [5.41, 5.74) is 0. The van der Waals surface area contributed by atoms with E-state index in [1.165, 1.54) is 0 Å². The molecule has 0 aliphatic rings. The van der Waals surface area contributed by atoms with Gasteiger partial charge in [0.2, 0.25) is 5.89 Å². The molecule has 0 saturated heterocycles. The molecule has 1 aromatic rings. The Morgan fingerprint density at radius 1 is 1.45 bits per heavy atom. The summed E-state index contributed by atoms with van der Waals surface area (Å²) >= 11 is 0. The number of hydrogen-bond acceptors (Lipinski definition) is 5. The molecule has 6 nitrogen and oxygen atoms in total. The Hall–Kier alpha value is -1.64. The number of rotatable bonds is 7. The maximum Gasteiger partial charge on any atom is 0.401 e. The van der Waals surface area contributed by atoms with Crippen molar-refractivity contribution in [2.45, 2.75) is 33.0 Å². The number of carboxylic acids is 1. The Balaban J connectivity index is 2.68. The van der Waals surface area contributed by atoms with Crippen LogP contribution in [-0.4, -0.2) is 45.4 Å². The van der Waals surface area contributed by atoms with Gasteiger partial charge in [0.15, 0.2) is 5.82 Å². The van der Waals surface area contributed by atoms with Gasteiger partial charge in [0.1, 0.15) is 0 Å². The minimum Gasteiger partial charge on any atom is -0.480 e. The average Bonchev–Trinajstić information content (AvgIpc) is 2.60. The molecule has 0 aromatic carbocycles. The number of nitrogens with zero attached hydrogens (tertiary/aromatic N) is 3. The molecular formula is C11H16F3N3O3. The Labute approximate surface area is 113 Å². The Kier molecular flexibility index (Phi) is 5.49. The first-order chi connectivity index (χ1) is 9.15. The lowest BCUT2D eigenvalue weighted by atomic mass is 10.1. The molecular weight excluding hydrogens is 279 g/mol. The quantitative estimate of drug-likeness (QED) is 0.825. The van der Waals surface area contributed by atoms with Crippen molar-refractivity contribution in [3.05, 3.63) is 11.7 Å². The van der Waals surface area contributed by atoms with Crippen molar-refractivity contribution in [1.82, 2.24) is 15.0 Å². The monoisotopic (exact) mass is 295 g/mol. The van der Waals surface area contributed by atoms with Crippen LogP contribution in [0.25, 0.3) is 0 Å². The summed E-state index contributed by atoms with van der Waals surface area (Å²) < 4.78 is 41.9. The third kappa shape index (κ3) is 6.50. The third-order valence-corrected chi connectivity index (χ3v) is 2.22. The molecule has 1 aromatic heterocycles. The first-order valence-electron chi connectivity index (χ1n) is 5.98. The summed E-state index contributed by atoms with van der Waals surface area (Å²) in [7, 11) is 0. The number of carbonyl (C=O) groups is 1. The molecule has 1 heterocycles. The highest BCUT2D eigenvalue weighted by atomic mass is 19.4. The molecule has 0 aliphatic carbocycles. The minimum atomic E-state index is -4.49. The van der Waals surface area contributed by atoms with E-state index in [4.69, 9.17) is 9.63 Å². The number of alkyl halides is 3. The van der Waals surface area contributed by atoms with Crippen molar-refractivity contribution in [1.29, 1.82) is 0 Å². The summed E-state index contributed by atoms with van der Waals surface area (Å²) in [4.78, 5) is 15.2. The summed E-state index contributed by atoms with van der Waals surface area (Å²) in [6.07, 6.45) is -3.97. The zero-order chi connectivity index (χ0) is 15.3. The zero-order valence-corrected chi connectivity index (χ0v) is 11.1. The van der Waals surface area contributed by atoms with Crippen LogP contribution in [0.15, 0.2) is 4.52 Å². The molecule has 0 saturated carbocycles. The molecule has 1 rings (SSSR count). The van der Waals surface area contributed by atoms with Crippen molar-refractivity contribution >= 4 is 5.97 Å². The number of aromatic nitrogens is 2. The molecule has 114 valence electrons. The van der Waals surface area contributed by atoms with Crippen molar-refractivity contribution in [3.8, 4) is 0 Å². The summed E-state index contributed by atoms with van der Waals surface area (Å²) in [5, 5.41) is 12.2. The van der Waals surface area contributed by atoms with Gasteiger partial charge in [0.05, 0.1) is 19.6 Å². The van der Waals surface area contributed by atoms with Crippen molar-refractivity contribution in [2.24, 2.45) is 5.92 Å². The van der Waals surface area contributed by atoms with Gasteiger partial charge in [-0.3, -0.25) is 9.69 Å². The van der Waals surface area contributed by atoms with Crippen LogP contribution >= 0.6 is 0 Å². The Morgan fingerprint density at radius 2 is 2.10 bits per heavy atom. The highest BCUT2D eigenvalue weighted by Gasteiger charge is 2.32. The molecule has 0 amide bonds. The van der Waals surface area contributed by atoms with Crippen LogP contribution < -0.4 is 0 Å². The lowest BCUT2D eigenvalue weighted by Crippen LogP contribution is -2.37. The van der Waals surface area contributed by atoms with Gasteiger partial charge in [-0.2, -0.15) is 18.2 Å². The van der Waals surface area contributed by atoms with Gasteiger partial charge >= 0.3 is 12.1 Å². The lowest BCUT2D eigenvalue weighted by molar-refractivity contribution is -0.155. The maximum absolute atomic E-state index is 12.3. The first-order valence-corrected chi connectivity index (χ1v) is 5.98. The van der Waals surface area contributed by atoms with E-state index in [1.54, 1.807) is 0 Å². The van der Waals surface area contributed by atoms with E-state index in [0.717, 1.165) is 0 Å². The van der Waals surface area contributed by atoms with E-state index in [-0.39, 0.29) is 18.3 Å². The van der Waals surface area contributed by atoms with Crippen LogP contribution in [-0.2, 0) is 17.8 Å². The average molecular weight is 295 g/mol. The molecule has 1 N–H and O–H groups in total. The van der Waals surface area contributed by atoms with Gasteiger partial charge in [0, 0.05) is 6.42 Å². The molecule has 0 radical (unpaired) electrons. The second-order valence-corrected chi connectivity index (χ2v) is 4.86. The standard InChI is InChI=1S/C11H16F3N3O3/c1-7(2)3-9-15-8(16-20-9)4-17(5-10(18)19)6-11(12,13)14/h7H,3-6H2,1-2H3,(H,18,19). The normalized spacial score (nSPS) is 12.3. The van der Waals surface area contributed by atoms with E-state index >= 15 is 0 Å². The molecule has 0 atom stereocenters. The predicted molar refractivity (Wildman–Crippen MR) is 61.8 cm³/mol. The van der Waals surface area contributed by atoms with Gasteiger partial charge in [0.25, 0.3) is 0 Å². The smallest absolute Gasteiger partial charge is 0.401 e. The van der Waals surface area contributed by atoms with Crippen LogP contribution in [0.5, 0.6) is 0 Å². The number of hydrogen-bond donors (Lipinski definition) is 1. The fourth-order valence-corrected chi connectivity index (χ4v) is 1.60. The van der Waals surface area contributed by atoms with Gasteiger partial charge in [-0.1, -0.05) is 19.0 Å². The largest absolute Gasteiger partial charge is 0.480 e. The highest BCUT2D eigenvalue weighted by Crippen LogP contribution is 2.17. The van der Waals surface area contributed by atoms with E-state index in [2.05, 4.69) is 10.1 Å². The first kappa shape index (κ1) is 16.4. The Bertz CT molecular complexity index is 446. The molecule has 0 spiro atoms. The predicted octanol–water partition coefficient (Wildman–Crippen LogP) is 1.72. The summed E-state index contributed by atoms with van der Waals surface area (Å²) in [6.45, 7) is 1.46. The fourth-order valence-electron chi connectivity index (χ4n) is 1.60. The molecule has 9 heteroatoms. The SMILES string of the molecule is CC(C)Cc1nc(CN(CC(=O)O)CC(F)(F)F)no1. The second kappa shape index (κ2) is 6.69. The molecule has 0 unspecified atom stereocenters. The van der Waals surface area contributed by atoms with Crippen molar-refractivity contribution in [2.75, 3.05) is 13.1 Å². The van der Waals surface area contributed by atoms with E-state index in [9.17, 15) is 18.0 Å². The zero-order valence-electron chi connectivity index (χ0n) is 11.1. The minimum absolute atomic E-state index is 0.0474. The summed E-state index contributed by atoms with van der Waals surface area (Å²) in [5.74, 6) is -0.697. The van der Waals surface area contributed by atoms with Gasteiger partial charge in [-0.25, -0.2) is 0 Å². The van der Waals surface area contributed by atoms with E-state index in [1.807, 2.05) is 13.8 Å². The van der Waals surface area contributed by atoms with Crippen molar-refractivity contribution < 1.29 is 27.6 Å². The van der Waals surface area contributed by atoms with Crippen LogP contribution in [0.3, 0.4) is 0 Å². The van der Waals surface area contributed by atoms with Gasteiger partial charge in [-0.15, -0.1) is 0 Å². The maximum atomic E-state index is 12.3. The van der Waals surface area contributed by atoms with Crippen molar-refractivity contribution in [3.63, 3.8) is 0 Å². The van der Waals surface area contributed by atoms with Crippen LogP contribution in [0.2, 0.25) is 0 Å². The van der Waals surface area contributed by atoms with E-state index in [0.29, 0.717) is 17.2 Å². The van der Waals surface area contributed by atoms with Gasteiger partial charge < -0.3 is 9.63 Å². The molecule has 20 heavy (non-hydrogen) atoms. The summed E-state index contributed by atoms with van der Waals surface area (Å²) in [6, 6.07) is 0. The second-order valence-electron chi connectivity index (χ2n) is 4.86. The Morgan fingerprint density at radius 3 is 2.60 bits per heavy atom. The third-order valence-electron chi connectivity index (χ3n) is 2.22. The fraction of sp³-hybridized carbons (Fsp3) is 0.727. The van der Waals surface area contributed by atoms with E-state index < -0.39 is 25.2 Å². The van der Waals surface area contributed by atoms with Gasteiger partial charge in [-0.05, 0) is 5.92 Å². The van der Waals surface area contributed by atoms with Crippen LogP contribution in [0.1, 0.15) is 25.6 Å². The molecule has 0 fully saturated rings. The molecule has 0 bridgehead atoms. The number of carboxylic acid groups (broad SMARTS) is 1. The topological polar surface area (TPSA) is 79.5 Å². The highest BCUT2D eigenvalue weighted by molar-refractivity contribution is 5.69. The van der Waals surface area contributed by atoms with Crippen LogP contribution in [0, 0.1) is 5.92 Å². The number of halogens is 3. The molecule has 0 aliphatic heterocycles. The number of aliphatic carboxylic acids is 1. The lowest BCUT2D eigenvalue weighted by Gasteiger charge is -2.19.